The number of nitrogens with one attached hydrogen (secondary N) is 1. The number of esters is 1. The molecule has 1 saturated carbocycles. The minimum absolute atomic E-state index is 0.202. The molecule has 1 N–H and O–H groups in total. The maximum absolute atomic E-state index is 14.2. The van der Waals surface area contributed by atoms with Crippen molar-refractivity contribution in [3.63, 3.8) is 0 Å². The van der Waals surface area contributed by atoms with E-state index in [0.29, 0.717) is 23.6 Å². The van der Waals surface area contributed by atoms with Crippen molar-refractivity contribution in [2.75, 3.05) is 32.7 Å². The summed E-state index contributed by atoms with van der Waals surface area (Å²) in [6.07, 6.45) is 7.07. The van der Waals surface area contributed by atoms with E-state index in [1.807, 2.05) is 12.1 Å². The van der Waals surface area contributed by atoms with Gasteiger partial charge in [0.2, 0.25) is 5.91 Å². The first-order valence-corrected chi connectivity index (χ1v) is 13.7. The number of carbonyl (C=O) groups is 2. The molecule has 0 aromatic heterocycles. The molecule has 6 nitrogen and oxygen atoms in total. The Labute approximate surface area is 214 Å². The molecule has 4 aliphatic rings. The van der Waals surface area contributed by atoms with Crippen molar-refractivity contribution in [2.24, 2.45) is 11.8 Å². The number of piperidine rings is 3. The molecule has 36 heavy (non-hydrogen) atoms. The first-order chi connectivity index (χ1) is 17.5. The Morgan fingerprint density at radius 2 is 1.50 bits per heavy atom. The van der Waals surface area contributed by atoms with Crippen LogP contribution in [0, 0.1) is 11.8 Å². The van der Waals surface area contributed by atoms with E-state index in [9.17, 15) is 14.7 Å². The largest absolute Gasteiger partial charge is 0.834 e. The van der Waals surface area contributed by atoms with Crippen LogP contribution in [0.4, 0.5) is 0 Å². The van der Waals surface area contributed by atoms with E-state index in [0.717, 1.165) is 62.8 Å². The summed E-state index contributed by atoms with van der Waals surface area (Å²) in [4.78, 5) is 25.9. The normalized spacial score (nSPS) is 26.0. The fourth-order valence-corrected chi connectivity index (χ4v) is 6.60. The molecule has 2 bridgehead atoms. The smallest absolute Gasteiger partial charge is 0.304 e. The standard InChI is InChI=1S/C30H38N2O4/c33-28(24-10-7-8-11-24)31-18-9-19-32-20-16-23(17-21-32)27(22-32)36-29(34)30(35,25-12-3-1-4-13-25)26-14-5-2-6-15-26/h1-6,12-15,23-24,27H,7-11,16-22H2,(H,31,33). The molecule has 6 rings (SSSR count). The van der Waals surface area contributed by atoms with Gasteiger partial charge in [-0.25, -0.2) is 0 Å². The Balaban J connectivity index is 1.23. The summed E-state index contributed by atoms with van der Waals surface area (Å²) in [6.45, 7) is 4.58. The first-order valence-electron chi connectivity index (χ1n) is 13.7. The summed E-state index contributed by atoms with van der Waals surface area (Å²) in [5, 5.41) is 17.4. The Hall–Kier alpha value is -2.70. The molecule has 192 valence electrons. The van der Waals surface area contributed by atoms with Crippen molar-refractivity contribution in [3.8, 4) is 0 Å². The fourth-order valence-electron chi connectivity index (χ4n) is 6.60. The Morgan fingerprint density at radius 1 is 0.917 bits per heavy atom. The number of nitrogens with zero attached hydrogens (tertiary/aromatic N) is 1. The lowest BCUT2D eigenvalue weighted by molar-refractivity contribution is -0.946. The number of ether oxygens (including phenoxy) is 1. The summed E-state index contributed by atoms with van der Waals surface area (Å²) in [6, 6.07) is 17.7. The van der Waals surface area contributed by atoms with Gasteiger partial charge in [0.05, 0.1) is 19.6 Å². The number of hydrogen-bond acceptors (Lipinski definition) is 4. The van der Waals surface area contributed by atoms with E-state index in [4.69, 9.17) is 4.74 Å². The number of carbonyl (C=O) groups excluding carboxylic acids is 2. The van der Waals surface area contributed by atoms with Gasteiger partial charge in [-0.1, -0.05) is 73.5 Å². The average Bonchev–Trinajstić information content (AvgIpc) is 3.47. The fraction of sp³-hybridized carbons (Fsp3) is 0.533. The summed E-state index contributed by atoms with van der Waals surface area (Å²) >= 11 is 0. The molecule has 1 unspecified atom stereocenters. The number of benzene rings is 2. The van der Waals surface area contributed by atoms with Crippen molar-refractivity contribution >= 4 is 11.9 Å². The lowest BCUT2D eigenvalue weighted by Gasteiger charge is -2.53. The second-order valence-electron chi connectivity index (χ2n) is 11.0. The van der Waals surface area contributed by atoms with Gasteiger partial charge in [-0.05, 0) is 24.0 Å². The predicted octanol–water partition coefficient (Wildman–Crippen LogP) is 3.14. The van der Waals surface area contributed by atoms with E-state index >= 15 is 0 Å². The van der Waals surface area contributed by atoms with Crippen LogP contribution >= 0.6 is 0 Å². The molecule has 6 heteroatoms. The molecule has 3 heterocycles. The predicted molar refractivity (Wildman–Crippen MR) is 136 cm³/mol. The Kier molecular flexibility index (Phi) is 7.44. The molecule has 0 spiro atoms. The number of amides is 1. The van der Waals surface area contributed by atoms with Gasteiger partial charge in [-0.15, -0.1) is 0 Å². The molecular weight excluding hydrogens is 452 g/mol. The van der Waals surface area contributed by atoms with Gasteiger partial charge < -0.3 is 19.6 Å². The van der Waals surface area contributed by atoms with Gasteiger partial charge in [0.1, 0.15) is 6.54 Å². The zero-order valence-corrected chi connectivity index (χ0v) is 21.1. The van der Waals surface area contributed by atoms with Gasteiger partial charge in [0, 0.05) is 43.2 Å². The number of fused-ring (bicyclic) bond motifs is 3. The van der Waals surface area contributed by atoms with Crippen molar-refractivity contribution in [3.05, 3.63) is 71.8 Å². The zero-order valence-electron chi connectivity index (χ0n) is 21.1. The lowest BCUT2D eigenvalue weighted by atomic mass is 9.82. The second kappa shape index (κ2) is 10.7. The van der Waals surface area contributed by atoms with Crippen LogP contribution in [0.3, 0.4) is 0 Å². The van der Waals surface area contributed by atoms with Crippen LogP contribution in [0.2, 0.25) is 0 Å². The third-order valence-corrected chi connectivity index (χ3v) is 8.78. The van der Waals surface area contributed by atoms with Crippen LogP contribution in [0.15, 0.2) is 60.7 Å². The van der Waals surface area contributed by atoms with Gasteiger partial charge in [0.15, 0.2) is 6.10 Å². The van der Waals surface area contributed by atoms with E-state index in [1.165, 1.54) is 12.8 Å². The van der Waals surface area contributed by atoms with Gasteiger partial charge in [-0.2, -0.15) is 0 Å². The van der Waals surface area contributed by atoms with Crippen molar-refractivity contribution < 1.29 is 23.9 Å². The zero-order chi connectivity index (χ0) is 25.0. The Morgan fingerprint density at radius 3 is 2.08 bits per heavy atom. The van der Waals surface area contributed by atoms with Crippen molar-refractivity contribution in [1.82, 2.24) is 5.32 Å². The van der Waals surface area contributed by atoms with Crippen LogP contribution in [0.1, 0.15) is 56.1 Å². The van der Waals surface area contributed by atoms with E-state index in [2.05, 4.69) is 5.32 Å². The molecule has 2 aromatic rings. The SMILES string of the molecule is O=C(NCCC[N+]12CCC(CC1)C(OC(=O)C([O-])(c1ccccc1)c1ccccc1)C2)C1CCCC1. The van der Waals surface area contributed by atoms with Crippen LogP contribution < -0.4 is 10.4 Å². The van der Waals surface area contributed by atoms with Crippen LogP contribution in [-0.4, -0.2) is 55.2 Å². The molecule has 4 fully saturated rings. The monoisotopic (exact) mass is 490 g/mol. The highest BCUT2D eigenvalue weighted by Crippen LogP contribution is 2.37. The molecule has 3 aliphatic heterocycles. The van der Waals surface area contributed by atoms with E-state index < -0.39 is 11.6 Å². The first kappa shape index (κ1) is 25.0. The molecule has 1 amide bonds. The number of rotatable bonds is 9. The Bertz CT molecular complexity index is 988. The summed E-state index contributed by atoms with van der Waals surface area (Å²) in [5.74, 6) is 0.0193. The topological polar surface area (TPSA) is 78.5 Å². The summed E-state index contributed by atoms with van der Waals surface area (Å²) in [7, 11) is 0. The highest BCUT2D eigenvalue weighted by atomic mass is 16.6. The maximum atomic E-state index is 14.2. The number of quaternary nitrogens is 1. The van der Waals surface area contributed by atoms with Crippen molar-refractivity contribution in [1.29, 1.82) is 0 Å². The molecule has 0 radical (unpaired) electrons. The van der Waals surface area contributed by atoms with Gasteiger partial charge in [-0.3, -0.25) is 9.59 Å². The molecule has 1 atom stereocenters. The quantitative estimate of drug-likeness (QED) is 0.333. The highest BCUT2D eigenvalue weighted by Gasteiger charge is 2.48. The minimum Gasteiger partial charge on any atom is -0.834 e. The van der Waals surface area contributed by atoms with E-state index in [1.54, 1.807) is 48.5 Å². The molecule has 3 saturated heterocycles. The molecule has 2 aromatic carbocycles. The lowest BCUT2D eigenvalue weighted by Crippen LogP contribution is -2.65. The van der Waals surface area contributed by atoms with Crippen LogP contribution in [0.25, 0.3) is 0 Å². The molecule has 1 aliphatic carbocycles. The third-order valence-electron chi connectivity index (χ3n) is 8.78. The van der Waals surface area contributed by atoms with E-state index in [-0.39, 0.29) is 17.9 Å². The maximum Gasteiger partial charge on any atom is 0.304 e. The van der Waals surface area contributed by atoms with Crippen LogP contribution in [-0.2, 0) is 19.9 Å². The van der Waals surface area contributed by atoms with Gasteiger partial charge in [0.25, 0.3) is 0 Å². The highest BCUT2D eigenvalue weighted by molar-refractivity contribution is 5.85. The second-order valence-corrected chi connectivity index (χ2v) is 11.0. The minimum atomic E-state index is -2.09. The third kappa shape index (κ3) is 5.07. The van der Waals surface area contributed by atoms with Crippen LogP contribution in [0.5, 0.6) is 0 Å². The summed E-state index contributed by atoms with van der Waals surface area (Å²) < 4.78 is 7.01. The molecular formula is C30H38N2O4. The van der Waals surface area contributed by atoms with Crippen molar-refractivity contribution in [2.45, 2.75) is 56.7 Å². The van der Waals surface area contributed by atoms with Gasteiger partial charge >= 0.3 is 5.97 Å². The number of hydrogen-bond donors (Lipinski definition) is 1. The summed E-state index contributed by atoms with van der Waals surface area (Å²) in [5.41, 5.74) is -1.28. The average molecular weight is 491 g/mol.